The molecular weight excluding hydrogens is 234 g/mol. The van der Waals surface area contributed by atoms with Gasteiger partial charge in [-0.2, -0.15) is 0 Å². The highest BCUT2D eigenvalue weighted by atomic mass is 16.3. The van der Waals surface area contributed by atoms with Gasteiger partial charge in [-0.1, -0.05) is 49.6 Å². The molecule has 1 aliphatic rings. The van der Waals surface area contributed by atoms with Crippen molar-refractivity contribution >= 4 is 0 Å². The Morgan fingerprint density at radius 1 is 1.16 bits per heavy atom. The molecule has 0 saturated carbocycles. The van der Waals surface area contributed by atoms with Crippen molar-refractivity contribution in [3.63, 3.8) is 0 Å². The average Bonchev–Trinajstić information content (AvgIpc) is 2.94. The minimum absolute atomic E-state index is 0.296. The molecule has 19 heavy (non-hydrogen) atoms. The molecular formula is C17H27NO. The Morgan fingerprint density at radius 3 is 2.37 bits per heavy atom. The molecule has 0 radical (unpaired) electrons. The molecule has 1 aromatic carbocycles. The molecule has 2 heteroatoms. The molecule has 0 bridgehead atoms. The zero-order chi connectivity index (χ0) is 13.7. The Hall–Kier alpha value is -0.860. The van der Waals surface area contributed by atoms with E-state index in [4.69, 9.17) is 0 Å². The topological polar surface area (TPSA) is 23.5 Å². The summed E-state index contributed by atoms with van der Waals surface area (Å²) in [6.07, 6.45) is 5.72. The van der Waals surface area contributed by atoms with Crippen molar-refractivity contribution in [1.29, 1.82) is 0 Å². The second-order valence-electron chi connectivity index (χ2n) is 5.81. The first-order valence-electron chi connectivity index (χ1n) is 7.71. The van der Waals surface area contributed by atoms with Gasteiger partial charge < -0.3 is 5.11 Å². The van der Waals surface area contributed by atoms with Gasteiger partial charge >= 0.3 is 0 Å². The lowest BCUT2D eigenvalue weighted by molar-refractivity contribution is 0.0550. The fraction of sp³-hybridized carbons (Fsp3) is 0.647. The van der Waals surface area contributed by atoms with Crippen LogP contribution in [0.5, 0.6) is 0 Å². The highest BCUT2D eigenvalue weighted by Gasteiger charge is 2.28. The number of benzene rings is 1. The van der Waals surface area contributed by atoms with E-state index in [-0.39, 0.29) is 6.10 Å². The van der Waals surface area contributed by atoms with Crippen LogP contribution in [-0.4, -0.2) is 29.1 Å². The summed E-state index contributed by atoms with van der Waals surface area (Å²) in [5.41, 5.74) is 2.32. The van der Waals surface area contributed by atoms with Crippen LogP contribution >= 0.6 is 0 Å². The lowest BCUT2D eigenvalue weighted by Crippen LogP contribution is -2.37. The smallest absolute Gasteiger partial charge is 0.0945 e. The quantitative estimate of drug-likeness (QED) is 0.844. The molecule has 2 atom stereocenters. The zero-order valence-corrected chi connectivity index (χ0v) is 12.3. The maximum Gasteiger partial charge on any atom is 0.0945 e. The van der Waals surface area contributed by atoms with Gasteiger partial charge in [0.05, 0.1) is 6.10 Å². The predicted octanol–water partition coefficient (Wildman–Crippen LogP) is 3.68. The van der Waals surface area contributed by atoms with E-state index in [2.05, 4.69) is 43.0 Å². The van der Waals surface area contributed by atoms with Gasteiger partial charge in [-0.05, 0) is 44.8 Å². The Bertz CT molecular complexity index is 367. The van der Waals surface area contributed by atoms with Crippen molar-refractivity contribution < 1.29 is 5.11 Å². The summed E-state index contributed by atoms with van der Waals surface area (Å²) < 4.78 is 0. The molecule has 0 amide bonds. The van der Waals surface area contributed by atoms with Crippen molar-refractivity contribution in [1.82, 2.24) is 4.90 Å². The third-order valence-corrected chi connectivity index (χ3v) is 4.25. The van der Waals surface area contributed by atoms with Gasteiger partial charge in [0, 0.05) is 6.04 Å². The number of hydrogen-bond acceptors (Lipinski definition) is 2. The molecule has 1 aliphatic heterocycles. The molecule has 1 fully saturated rings. The van der Waals surface area contributed by atoms with Gasteiger partial charge in [0.2, 0.25) is 0 Å². The van der Waals surface area contributed by atoms with Crippen LogP contribution in [0.4, 0.5) is 0 Å². The number of aliphatic hydroxyl groups is 1. The summed E-state index contributed by atoms with van der Waals surface area (Å²) in [6, 6.07) is 8.65. The van der Waals surface area contributed by atoms with Gasteiger partial charge in [-0.25, -0.2) is 0 Å². The number of rotatable bonds is 6. The maximum absolute atomic E-state index is 10.7. The third kappa shape index (κ3) is 3.80. The minimum Gasteiger partial charge on any atom is -0.387 e. The van der Waals surface area contributed by atoms with Crippen LogP contribution in [0.3, 0.4) is 0 Å². The Balaban J connectivity index is 2.09. The molecule has 1 aromatic rings. The van der Waals surface area contributed by atoms with E-state index >= 15 is 0 Å². The van der Waals surface area contributed by atoms with Crippen LogP contribution in [0, 0.1) is 6.92 Å². The number of aryl methyl sites for hydroxylation is 1. The predicted molar refractivity (Wildman–Crippen MR) is 80.3 cm³/mol. The van der Waals surface area contributed by atoms with Crippen LogP contribution in [0.15, 0.2) is 24.3 Å². The molecule has 2 unspecified atom stereocenters. The highest BCUT2D eigenvalue weighted by Crippen LogP contribution is 2.28. The van der Waals surface area contributed by atoms with E-state index in [1.165, 1.54) is 31.2 Å². The van der Waals surface area contributed by atoms with Crippen LogP contribution < -0.4 is 0 Å². The van der Waals surface area contributed by atoms with E-state index in [1.807, 2.05) is 0 Å². The van der Waals surface area contributed by atoms with E-state index in [0.29, 0.717) is 6.04 Å². The minimum atomic E-state index is -0.342. The molecule has 0 aromatic heterocycles. The zero-order valence-electron chi connectivity index (χ0n) is 12.3. The van der Waals surface area contributed by atoms with Gasteiger partial charge in [0.15, 0.2) is 0 Å². The fourth-order valence-corrected chi connectivity index (χ4v) is 3.01. The number of unbranched alkanes of at least 4 members (excludes halogenated alkanes) is 1. The van der Waals surface area contributed by atoms with E-state index in [1.54, 1.807) is 0 Å². The van der Waals surface area contributed by atoms with Crippen molar-refractivity contribution in [3.8, 4) is 0 Å². The second-order valence-corrected chi connectivity index (χ2v) is 5.81. The number of nitrogens with zero attached hydrogens (tertiary/aromatic N) is 1. The lowest BCUT2D eigenvalue weighted by Gasteiger charge is -2.32. The first-order valence-corrected chi connectivity index (χ1v) is 7.71. The Kier molecular flexibility index (Phi) is 5.41. The van der Waals surface area contributed by atoms with Gasteiger partial charge in [0.1, 0.15) is 0 Å². The van der Waals surface area contributed by atoms with Crippen LogP contribution in [-0.2, 0) is 0 Å². The highest BCUT2D eigenvalue weighted by molar-refractivity contribution is 5.24. The Morgan fingerprint density at radius 2 is 1.79 bits per heavy atom. The first-order chi connectivity index (χ1) is 9.22. The summed E-state index contributed by atoms with van der Waals surface area (Å²) in [7, 11) is 0. The van der Waals surface area contributed by atoms with Gasteiger partial charge in [-0.3, -0.25) is 4.90 Å². The largest absolute Gasteiger partial charge is 0.387 e. The summed E-state index contributed by atoms with van der Waals surface area (Å²) >= 11 is 0. The third-order valence-electron chi connectivity index (χ3n) is 4.25. The van der Waals surface area contributed by atoms with Crippen molar-refractivity contribution in [3.05, 3.63) is 35.4 Å². The van der Waals surface area contributed by atoms with Gasteiger partial charge in [0.25, 0.3) is 0 Å². The molecule has 2 nitrogen and oxygen atoms in total. The SMILES string of the molecule is CCCCC(C(O)c1ccc(C)cc1)N1CCCC1. The van der Waals surface area contributed by atoms with Crippen molar-refractivity contribution in [2.75, 3.05) is 13.1 Å². The molecule has 2 rings (SSSR count). The summed E-state index contributed by atoms with van der Waals surface area (Å²) in [5, 5.41) is 10.7. The first kappa shape index (κ1) is 14.5. The monoisotopic (exact) mass is 261 g/mol. The maximum atomic E-state index is 10.7. The molecule has 106 valence electrons. The molecule has 1 saturated heterocycles. The second kappa shape index (κ2) is 7.06. The average molecular weight is 261 g/mol. The normalized spacial score (nSPS) is 19.5. The van der Waals surface area contributed by atoms with Crippen LogP contribution in [0.25, 0.3) is 0 Å². The number of likely N-dealkylation sites (tertiary alicyclic amines) is 1. The van der Waals surface area contributed by atoms with E-state index in [0.717, 1.165) is 25.1 Å². The molecule has 1 heterocycles. The molecule has 1 N–H and O–H groups in total. The van der Waals surface area contributed by atoms with Crippen molar-refractivity contribution in [2.24, 2.45) is 0 Å². The van der Waals surface area contributed by atoms with Crippen LogP contribution in [0.2, 0.25) is 0 Å². The van der Waals surface area contributed by atoms with Gasteiger partial charge in [-0.15, -0.1) is 0 Å². The van der Waals surface area contributed by atoms with E-state index in [9.17, 15) is 5.11 Å². The number of hydrogen-bond donors (Lipinski definition) is 1. The summed E-state index contributed by atoms with van der Waals surface area (Å²) in [4.78, 5) is 2.49. The van der Waals surface area contributed by atoms with Crippen LogP contribution in [0.1, 0.15) is 56.3 Å². The molecule has 0 spiro atoms. The van der Waals surface area contributed by atoms with Crippen molar-refractivity contribution in [2.45, 2.75) is 58.1 Å². The Labute approximate surface area is 117 Å². The number of aliphatic hydroxyl groups excluding tert-OH is 1. The fourth-order valence-electron chi connectivity index (χ4n) is 3.01. The summed E-state index contributed by atoms with van der Waals surface area (Å²) in [6.45, 7) is 6.61. The lowest BCUT2D eigenvalue weighted by atomic mass is 9.96. The summed E-state index contributed by atoms with van der Waals surface area (Å²) in [5.74, 6) is 0. The molecule has 0 aliphatic carbocycles. The van der Waals surface area contributed by atoms with E-state index < -0.39 is 0 Å². The standard InChI is InChI=1S/C17H27NO/c1-3-4-7-16(18-12-5-6-13-18)17(19)15-10-8-14(2)9-11-15/h8-11,16-17,19H,3-7,12-13H2,1-2H3.